The van der Waals surface area contributed by atoms with Gasteiger partial charge in [-0.25, -0.2) is 0 Å². The van der Waals surface area contributed by atoms with Crippen LogP contribution >= 0.6 is 46.4 Å². The van der Waals surface area contributed by atoms with Crippen molar-refractivity contribution in [1.82, 2.24) is 4.90 Å². The smallest absolute Gasteiger partial charge is 0.256 e. The molecule has 1 aliphatic rings. The Kier molecular flexibility index (Phi) is 8.18. The maximum Gasteiger partial charge on any atom is 0.256 e. The Morgan fingerprint density at radius 1 is 1.03 bits per heavy atom. The zero-order valence-electron chi connectivity index (χ0n) is 18.3. The average molecular weight is 604 g/mol. The normalized spacial score (nSPS) is 15.6. The number of carbonyl (C=O) groups excluding carboxylic acids is 2. The second kappa shape index (κ2) is 11.3. The highest BCUT2D eigenvalue weighted by atomic mass is 127. The second-order valence-electron chi connectivity index (χ2n) is 7.99. The van der Waals surface area contributed by atoms with Crippen LogP contribution in [0.1, 0.15) is 18.4 Å². The summed E-state index contributed by atoms with van der Waals surface area (Å²) in [6.07, 6.45) is 1.66. The molecule has 2 amide bonds. The topological polar surface area (TPSA) is 52.7 Å². The van der Waals surface area contributed by atoms with Crippen molar-refractivity contribution >= 4 is 74.7 Å². The van der Waals surface area contributed by atoms with E-state index in [0.29, 0.717) is 28.1 Å². The van der Waals surface area contributed by atoms with Crippen LogP contribution in [0.15, 0.2) is 78.9 Å². The van der Waals surface area contributed by atoms with Crippen molar-refractivity contribution in [3.8, 4) is 0 Å². The van der Waals surface area contributed by atoms with Crippen molar-refractivity contribution in [3.05, 3.63) is 93.0 Å². The number of hydrogen-bond donors (Lipinski definition) is 1. The molecule has 34 heavy (non-hydrogen) atoms. The molecule has 0 spiro atoms. The maximum absolute atomic E-state index is 13.5. The highest BCUT2D eigenvalue weighted by Gasteiger charge is 2.43. The van der Waals surface area contributed by atoms with Crippen LogP contribution in [0, 0.1) is 3.57 Å². The molecule has 8 heteroatoms. The number of anilines is 2. The van der Waals surface area contributed by atoms with Crippen LogP contribution in [-0.2, 0) is 16.0 Å². The van der Waals surface area contributed by atoms with Gasteiger partial charge in [-0.05, 0) is 95.7 Å². The van der Waals surface area contributed by atoms with Gasteiger partial charge in [-0.2, -0.15) is 0 Å². The molecule has 4 rings (SSSR count). The molecule has 1 aliphatic heterocycles. The van der Waals surface area contributed by atoms with Gasteiger partial charge in [0, 0.05) is 20.8 Å². The number of aryl methyl sites for hydroxylation is 1. The summed E-state index contributed by atoms with van der Waals surface area (Å²) in [5, 5.41) is 3.81. The molecule has 5 nitrogen and oxygen atoms in total. The Labute approximate surface area is 223 Å². The van der Waals surface area contributed by atoms with Crippen LogP contribution in [0.5, 0.6) is 0 Å². The van der Waals surface area contributed by atoms with Gasteiger partial charge < -0.3 is 10.2 Å². The van der Waals surface area contributed by atoms with Gasteiger partial charge in [0.05, 0.1) is 12.1 Å². The first-order valence-corrected chi connectivity index (χ1v) is 12.8. The summed E-state index contributed by atoms with van der Waals surface area (Å²) < 4.78 is 1.08. The lowest BCUT2D eigenvalue weighted by molar-refractivity contribution is -0.124. The number of hydrogen-bond acceptors (Lipinski definition) is 3. The third-order valence-corrected chi connectivity index (χ3v) is 6.97. The van der Waals surface area contributed by atoms with E-state index >= 15 is 0 Å². The van der Waals surface area contributed by atoms with E-state index in [4.69, 9.17) is 23.8 Å². The summed E-state index contributed by atoms with van der Waals surface area (Å²) in [4.78, 5) is 29.7. The second-order valence-corrected chi connectivity index (χ2v) is 10.0. The predicted octanol–water partition coefficient (Wildman–Crippen LogP) is 5.91. The van der Waals surface area contributed by atoms with E-state index in [2.05, 4.69) is 40.0 Å². The zero-order chi connectivity index (χ0) is 24.1. The van der Waals surface area contributed by atoms with Crippen molar-refractivity contribution in [2.24, 2.45) is 0 Å². The molecular weight excluding hydrogens is 581 g/mol. The Balaban J connectivity index is 1.52. The number of nitrogens with one attached hydrogen (secondary N) is 1. The SMILES string of the molecule is O=C(CC1C(=O)N(c2cccc(Cl)c2)C(=S)N1CCCc1ccccc1)Nc1ccc(I)cc1. The number of thiocarbonyl (C=S) groups is 1. The molecule has 174 valence electrons. The van der Waals surface area contributed by atoms with Crippen LogP contribution in [0.3, 0.4) is 0 Å². The largest absolute Gasteiger partial charge is 0.336 e. The Bertz CT molecular complexity index is 1190. The molecule has 0 radical (unpaired) electrons. The van der Waals surface area contributed by atoms with Crippen molar-refractivity contribution in [3.63, 3.8) is 0 Å². The van der Waals surface area contributed by atoms with Crippen molar-refractivity contribution < 1.29 is 9.59 Å². The summed E-state index contributed by atoms with van der Waals surface area (Å²) >= 11 is 14.1. The van der Waals surface area contributed by atoms with Crippen molar-refractivity contribution in [2.45, 2.75) is 25.3 Å². The fraction of sp³-hybridized carbons (Fsp3) is 0.192. The van der Waals surface area contributed by atoms with E-state index in [9.17, 15) is 9.59 Å². The molecule has 1 fully saturated rings. The Morgan fingerprint density at radius 3 is 2.47 bits per heavy atom. The van der Waals surface area contributed by atoms with Crippen molar-refractivity contribution in [2.75, 3.05) is 16.8 Å². The predicted molar refractivity (Wildman–Crippen MR) is 149 cm³/mol. The summed E-state index contributed by atoms with van der Waals surface area (Å²) in [6, 6.07) is 24.1. The lowest BCUT2D eigenvalue weighted by Crippen LogP contribution is -2.38. The number of amides is 2. The molecule has 1 atom stereocenters. The van der Waals surface area contributed by atoms with Crippen LogP contribution < -0.4 is 10.2 Å². The number of carbonyl (C=O) groups is 2. The third-order valence-electron chi connectivity index (χ3n) is 5.60. The molecular formula is C26H23ClIN3O2S. The fourth-order valence-corrected chi connectivity index (χ4v) is 4.92. The minimum Gasteiger partial charge on any atom is -0.336 e. The summed E-state index contributed by atoms with van der Waals surface area (Å²) in [7, 11) is 0. The lowest BCUT2D eigenvalue weighted by atomic mass is 10.1. The average Bonchev–Trinajstić information content (AvgIpc) is 3.05. The van der Waals surface area contributed by atoms with Gasteiger partial charge in [-0.1, -0.05) is 48.0 Å². The summed E-state index contributed by atoms with van der Waals surface area (Å²) in [5.74, 6) is -0.451. The first-order chi connectivity index (χ1) is 16.4. The van der Waals surface area contributed by atoms with Crippen LogP contribution in [0.25, 0.3) is 0 Å². The number of nitrogens with zero attached hydrogens (tertiary/aromatic N) is 2. The molecule has 3 aromatic rings. The molecule has 1 unspecified atom stereocenters. The molecule has 0 aromatic heterocycles. The third kappa shape index (κ3) is 5.95. The minimum absolute atomic E-state index is 0.00730. The van der Waals surface area contributed by atoms with Gasteiger partial charge in [0.2, 0.25) is 5.91 Å². The fourth-order valence-electron chi connectivity index (χ4n) is 3.96. The van der Waals surface area contributed by atoms with Gasteiger partial charge in [-0.15, -0.1) is 0 Å². The van der Waals surface area contributed by atoms with Crippen LogP contribution in [0.2, 0.25) is 5.02 Å². The molecule has 3 aromatic carbocycles. The standard InChI is InChI=1S/C26H23ClIN3O2S/c27-19-9-4-10-22(16-19)31-25(33)23(17-24(32)29-21-13-11-20(28)12-14-21)30(26(31)34)15-5-8-18-6-2-1-3-7-18/h1-4,6-7,9-14,16,23H,5,8,15,17H2,(H,29,32). The van der Waals surface area contributed by atoms with Crippen molar-refractivity contribution in [1.29, 1.82) is 0 Å². The van der Waals surface area contributed by atoms with Crippen LogP contribution in [0.4, 0.5) is 11.4 Å². The maximum atomic E-state index is 13.5. The number of benzene rings is 3. The van der Waals surface area contributed by atoms with Gasteiger partial charge >= 0.3 is 0 Å². The lowest BCUT2D eigenvalue weighted by Gasteiger charge is -2.24. The number of halogens is 2. The van der Waals surface area contributed by atoms with Crippen LogP contribution in [-0.4, -0.2) is 34.4 Å². The van der Waals surface area contributed by atoms with Gasteiger partial charge in [-0.3, -0.25) is 14.5 Å². The molecule has 0 bridgehead atoms. The molecule has 1 heterocycles. The van der Waals surface area contributed by atoms with E-state index in [0.717, 1.165) is 16.4 Å². The number of rotatable bonds is 8. The first-order valence-electron chi connectivity index (χ1n) is 10.9. The zero-order valence-corrected chi connectivity index (χ0v) is 22.0. The Morgan fingerprint density at radius 2 is 1.76 bits per heavy atom. The molecule has 0 saturated carbocycles. The quantitative estimate of drug-likeness (QED) is 0.257. The molecule has 1 N–H and O–H groups in total. The first kappa shape index (κ1) is 24.6. The van der Waals surface area contributed by atoms with Gasteiger partial charge in [0.15, 0.2) is 5.11 Å². The highest BCUT2D eigenvalue weighted by molar-refractivity contribution is 14.1. The van der Waals surface area contributed by atoms with E-state index in [-0.39, 0.29) is 18.2 Å². The van der Waals surface area contributed by atoms with Gasteiger partial charge in [0.25, 0.3) is 5.91 Å². The van der Waals surface area contributed by atoms with E-state index in [1.165, 1.54) is 10.5 Å². The van der Waals surface area contributed by atoms with Gasteiger partial charge in [0.1, 0.15) is 6.04 Å². The van der Waals surface area contributed by atoms with E-state index in [1.807, 2.05) is 47.4 Å². The molecule has 0 aliphatic carbocycles. The monoisotopic (exact) mass is 603 g/mol. The summed E-state index contributed by atoms with van der Waals surface area (Å²) in [6.45, 7) is 0.567. The summed E-state index contributed by atoms with van der Waals surface area (Å²) in [5.41, 5.74) is 2.52. The highest BCUT2D eigenvalue weighted by Crippen LogP contribution is 2.29. The van der Waals surface area contributed by atoms with E-state index < -0.39 is 6.04 Å². The minimum atomic E-state index is -0.675. The van der Waals surface area contributed by atoms with E-state index in [1.54, 1.807) is 24.3 Å². The Hall–Kier alpha value is -2.49. The molecule has 1 saturated heterocycles.